The maximum Gasteiger partial charge on any atom is 0.248 e. The number of carbonyl (C=O) groups excluding carboxylic acids is 1. The fourth-order valence-corrected chi connectivity index (χ4v) is 2.65. The summed E-state index contributed by atoms with van der Waals surface area (Å²) in [5.74, 6) is 0.534. The first-order valence-corrected chi connectivity index (χ1v) is 6.89. The summed E-state index contributed by atoms with van der Waals surface area (Å²) in [6.07, 6.45) is 1.94. The van der Waals surface area contributed by atoms with Gasteiger partial charge in [0.1, 0.15) is 11.2 Å². The monoisotopic (exact) mass is 312 g/mol. The number of ether oxygens (including phenoxy) is 1. The molecule has 2 heterocycles. The third-order valence-corrected chi connectivity index (χ3v) is 3.71. The molecule has 1 aromatic rings. The molecule has 0 aromatic carbocycles. The minimum atomic E-state index is 0.0816. The molecule has 0 aliphatic carbocycles. The number of aromatic nitrogens is 1. The van der Waals surface area contributed by atoms with Crippen molar-refractivity contribution in [1.82, 2.24) is 9.88 Å². The van der Waals surface area contributed by atoms with Crippen molar-refractivity contribution in [2.45, 2.75) is 18.8 Å². The van der Waals surface area contributed by atoms with Gasteiger partial charge in [0.2, 0.25) is 5.91 Å². The molecule has 0 atom stereocenters. The van der Waals surface area contributed by atoms with Crippen LogP contribution in [0.1, 0.15) is 24.5 Å². The number of likely N-dealkylation sites (tertiary alicyclic amines) is 1. The number of methoxy groups -OCH3 is 1. The van der Waals surface area contributed by atoms with Crippen molar-refractivity contribution in [3.63, 3.8) is 0 Å². The molecule has 1 aliphatic heterocycles. The largest absolute Gasteiger partial charge is 0.375 e. The van der Waals surface area contributed by atoms with Crippen molar-refractivity contribution in [3.05, 3.63) is 28.5 Å². The molecule has 0 N–H and O–H groups in total. The van der Waals surface area contributed by atoms with E-state index < -0.39 is 0 Å². The molecule has 98 valence electrons. The van der Waals surface area contributed by atoms with E-state index in [0.717, 1.165) is 36.2 Å². The predicted octanol–water partition coefficient (Wildman–Crippen LogP) is 2.20. The normalized spacial score (nSPS) is 16.9. The van der Waals surface area contributed by atoms with Gasteiger partial charge in [-0.2, -0.15) is 0 Å². The summed E-state index contributed by atoms with van der Waals surface area (Å²) in [5, 5.41) is 0. The lowest BCUT2D eigenvalue weighted by Crippen LogP contribution is -2.39. The van der Waals surface area contributed by atoms with Gasteiger partial charge in [0.25, 0.3) is 0 Å². The Bertz CT molecular complexity index is 417. The van der Waals surface area contributed by atoms with Crippen LogP contribution in [0, 0.1) is 0 Å². The molecule has 1 saturated heterocycles. The first kappa shape index (κ1) is 13.5. The average Bonchev–Trinajstić information content (AvgIpc) is 2.39. The van der Waals surface area contributed by atoms with Crippen molar-refractivity contribution in [3.8, 4) is 0 Å². The number of amides is 1. The molecule has 18 heavy (non-hydrogen) atoms. The highest BCUT2D eigenvalue weighted by Crippen LogP contribution is 2.27. The minimum absolute atomic E-state index is 0.0816. The summed E-state index contributed by atoms with van der Waals surface area (Å²) >= 11 is 3.39. The summed E-state index contributed by atoms with van der Waals surface area (Å²) in [6, 6.07) is 6.00. The molecule has 1 aliphatic rings. The van der Waals surface area contributed by atoms with Gasteiger partial charge in [-0.1, -0.05) is 6.07 Å². The van der Waals surface area contributed by atoms with E-state index >= 15 is 0 Å². The van der Waals surface area contributed by atoms with Crippen LogP contribution in [-0.2, 0) is 9.53 Å². The van der Waals surface area contributed by atoms with E-state index in [1.165, 1.54) is 0 Å². The van der Waals surface area contributed by atoms with Gasteiger partial charge in [0, 0.05) is 31.8 Å². The van der Waals surface area contributed by atoms with Crippen LogP contribution in [0.2, 0.25) is 0 Å². The molecule has 1 aromatic heterocycles. The maximum atomic E-state index is 11.7. The zero-order valence-corrected chi connectivity index (χ0v) is 12.0. The first-order valence-electron chi connectivity index (χ1n) is 6.10. The molecule has 5 heteroatoms. The molecule has 1 amide bonds. The first-order chi connectivity index (χ1) is 8.70. The van der Waals surface area contributed by atoms with Crippen molar-refractivity contribution in [1.29, 1.82) is 0 Å². The quantitative estimate of drug-likeness (QED) is 0.804. The van der Waals surface area contributed by atoms with Gasteiger partial charge < -0.3 is 9.64 Å². The van der Waals surface area contributed by atoms with Gasteiger partial charge >= 0.3 is 0 Å². The summed E-state index contributed by atoms with van der Waals surface area (Å²) in [6.45, 7) is 1.77. The topological polar surface area (TPSA) is 42.4 Å². The summed E-state index contributed by atoms with van der Waals surface area (Å²) in [4.78, 5) is 18.0. The van der Waals surface area contributed by atoms with E-state index in [9.17, 15) is 4.79 Å². The molecule has 0 spiro atoms. The second kappa shape index (κ2) is 6.29. The molecule has 2 rings (SSSR count). The molecule has 1 fully saturated rings. The Hall–Kier alpha value is -0.940. The lowest BCUT2D eigenvalue weighted by Gasteiger charge is -2.31. The number of nitrogens with zero attached hydrogens (tertiary/aromatic N) is 2. The summed E-state index contributed by atoms with van der Waals surface area (Å²) in [7, 11) is 1.55. The summed E-state index contributed by atoms with van der Waals surface area (Å²) in [5.41, 5.74) is 1.11. The van der Waals surface area contributed by atoms with E-state index in [4.69, 9.17) is 4.74 Å². The lowest BCUT2D eigenvalue weighted by molar-refractivity contribution is -0.136. The minimum Gasteiger partial charge on any atom is -0.375 e. The Balaban J connectivity index is 1.92. The standard InChI is InChI=1S/C13H17BrN2O2/c1-18-9-13(17)16-7-5-10(6-8-16)11-3-2-4-12(14)15-11/h2-4,10H,5-9H2,1H3. The van der Waals surface area contributed by atoms with E-state index in [-0.39, 0.29) is 12.5 Å². The van der Waals surface area contributed by atoms with Crippen molar-refractivity contribution < 1.29 is 9.53 Å². The molecule has 0 bridgehead atoms. The molecule has 0 radical (unpaired) electrons. The smallest absolute Gasteiger partial charge is 0.248 e. The van der Waals surface area contributed by atoms with Crippen LogP contribution in [0.15, 0.2) is 22.8 Å². The van der Waals surface area contributed by atoms with Crippen molar-refractivity contribution in [2.75, 3.05) is 26.8 Å². The zero-order chi connectivity index (χ0) is 13.0. The average molecular weight is 313 g/mol. The third kappa shape index (κ3) is 3.29. The third-order valence-electron chi connectivity index (χ3n) is 3.27. The van der Waals surface area contributed by atoms with Crippen molar-refractivity contribution in [2.24, 2.45) is 0 Å². The molecule has 0 saturated carbocycles. The van der Waals surface area contributed by atoms with Crippen LogP contribution in [0.25, 0.3) is 0 Å². The Kier molecular flexibility index (Phi) is 4.72. The fourth-order valence-electron chi connectivity index (χ4n) is 2.29. The van der Waals surface area contributed by atoms with Gasteiger partial charge in [0.15, 0.2) is 0 Å². The molecular formula is C13H17BrN2O2. The number of hydrogen-bond acceptors (Lipinski definition) is 3. The van der Waals surface area contributed by atoms with Gasteiger partial charge in [-0.25, -0.2) is 4.98 Å². The Morgan fingerprint density at radius 3 is 2.83 bits per heavy atom. The number of carbonyl (C=O) groups is 1. The Labute approximate surface area is 115 Å². The van der Waals surface area contributed by atoms with Crippen LogP contribution in [0.4, 0.5) is 0 Å². The number of pyridine rings is 1. The van der Waals surface area contributed by atoms with Crippen LogP contribution in [0.5, 0.6) is 0 Å². The van der Waals surface area contributed by atoms with Gasteiger partial charge in [-0.3, -0.25) is 4.79 Å². The Morgan fingerprint density at radius 1 is 1.50 bits per heavy atom. The highest BCUT2D eigenvalue weighted by Gasteiger charge is 2.24. The molecular weight excluding hydrogens is 296 g/mol. The zero-order valence-electron chi connectivity index (χ0n) is 10.4. The maximum absolute atomic E-state index is 11.7. The van der Waals surface area contributed by atoms with Crippen LogP contribution >= 0.6 is 15.9 Å². The second-order valence-electron chi connectivity index (χ2n) is 4.47. The molecule has 0 unspecified atom stereocenters. The van der Waals surface area contributed by atoms with Crippen LogP contribution in [-0.4, -0.2) is 42.6 Å². The van der Waals surface area contributed by atoms with E-state index in [2.05, 4.69) is 27.0 Å². The van der Waals surface area contributed by atoms with E-state index in [1.54, 1.807) is 7.11 Å². The fraction of sp³-hybridized carbons (Fsp3) is 0.538. The highest BCUT2D eigenvalue weighted by atomic mass is 79.9. The van der Waals surface area contributed by atoms with Gasteiger partial charge in [0.05, 0.1) is 0 Å². The van der Waals surface area contributed by atoms with E-state index in [0.29, 0.717) is 5.92 Å². The number of piperidine rings is 1. The SMILES string of the molecule is COCC(=O)N1CCC(c2cccc(Br)n2)CC1. The number of rotatable bonds is 3. The van der Waals surface area contributed by atoms with Crippen LogP contribution < -0.4 is 0 Å². The van der Waals surface area contributed by atoms with Gasteiger partial charge in [-0.15, -0.1) is 0 Å². The second-order valence-corrected chi connectivity index (χ2v) is 5.29. The summed E-state index contributed by atoms with van der Waals surface area (Å²) < 4.78 is 5.75. The van der Waals surface area contributed by atoms with Crippen LogP contribution in [0.3, 0.4) is 0 Å². The van der Waals surface area contributed by atoms with E-state index in [1.807, 2.05) is 17.0 Å². The number of hydrogen-bond donors (Lipinski definition) is 0. The number of halogens is 1. The lowest BCUT2D eigenvalue weighted by atomic mass is 9.93. The highest BCUT2D eigenvalue weighted by molar-refractivity contribution is 9.10. The molecule has 4 nitrogen and oxygen atoms in total. The predicted molar refractivity (Wildman–Crippen MR) is 72.4 cm³/mol. The van der Waals surface area contributed by atoms with Gasteiger partial charge in [-0.05, 0) is 40.9 Å². The van der Waals surface area contributed by atoms with Crippen molar-refractivity contribution >= 4 is 21.8 Å². The Morgan fingerprint density at radius 2 is 2.22 bits per heavy atom.